The molecule has 0 N–H and O–H groups in total. The topological polar surface area (TPSA) is 78.9 Å². The molecule has 0 aliphatic carbocycles. The van der Waals surface area contributed by atoms with Crippen molar-refractivity contribution in [1.29, 1.82) is 0 Å². The minimum absolute atomic E-state index is 0.0883. The Morgan fingerprint density at radius 2 is 0.487 bits per heavy atom. The zero-order valence-corrected chi connectivity index (χ0v) is 52.6. The normalized spacial score (nSPS) is 12.8. The summed E-state index contributed by atoms with van der Waals surface area (Å²) in [5.74, 6) is -0.900. The molecule has 0 radical (unpaired) electrons. The largest absolute Gasteiger partial charge is 0.462 e. The van der Waals surface area contributed by atoms with Crippen LogP contribution >= 0.6 is 0 Å². The maximum Gasteiger partial charge on any atom is 0.306 e. The van der Waals surface area contributed by atoms with E-state index in [4.69, 9.17) is 14.2 Å². The smallest absolute Gasteiger partial charge is 0.306 e. The van der Waals surface area contributed by atoms with Gasteiger partial charge in [-0.15, -0.1) is 0 Å². The van der Waals surface area contributed by atoms with Crippen LogP contribution in [0, 0.1) is 0 Å². The van der Waals surface area contributed by atoms with E-state index in [-0.39, 0.29) is 31.1 Å². The van der Waals surface area contributed by atoms with Crippen LogP contribution in [0.4, 0.5) is 0 Å². The first kappa shape index (κ1) is 76.1. The highest BCUT2D eigenvalue weighted by atomic mass is 16.6. The van der Waals surface area contributed by atoms with E-state index < -0.39 is 6.10 Å². The number of rotatable bonds is 61. The third-order valence-corrected chi connectivity index (χ3v) is 14.5. The molecule has 0 heterocycles. The highest BCUT2D eigenvalue weighted by Gasteiger charge is 2.19. The van der Waals surface area contributed by atoms with Crippen molar-refractivity contribution in [3.8, 4) is 0 Å². The molecule has 458 valence electrons. The Bertz CT molecular complexity index is 1610. The number of hydrogen-bond acceptors (Lipinski definition) is 6. The van der Waals surface area contributed by atoms with Gasteiger partial charge >= 0.3 is 17.9 Å². The molecule has 0 saturated carbocycles. The lowest BCUT2D eigenvalue weighted by Crippen LogP contribution is -2.30. The predicted octanol–water partition coefficient (Wildman–Crippen LogP) is 23.4. The average Bonchev–Trinajstić information content (AvgIpc) is 3.46. The van der Waals surface area contributed by atoms with E-state index in [1.54, 1.807) is 0 Å². The number of carbonyl (C=O) groups excluding carboxylic acids is 3. The second kappa shape index (κ2) is 67.6. The van der Waals surface area contributed by atoms with Crippen LogP contribution in [-0.4, -0.2) is 37.2 Å². The van der Waals surface area contributed by atoms with E-state index >= 15 is 0 Å². The van der Waals surface area contributed by atoms with Gasteiger partial charge in [0.25, 0.3) is 0 Å². The summed E-state index contributed by atoms with van der Waals surface area (Å²) >= 11 is 0. The van der Waals surface area contributed by atoms with Crippen LogP contribution < -0.4 is 0 Å². The zero-order chi connectivity index (χ0) is 57.8. The van der Waals surface area contributed by atoms with Crippen molar-refractivity contribution in [2.75, 3.05) is 13.2 Å². The summed E-state index contributed by atoms with van der Waals surface area (Å²) in [6.45, 7) is 6.51. The number of allylic oxidation sites excluding steroid dienone is 18. The van der Waals surface area contributed by atoms with E-state index in [0.717, 1.165) is 122 Å². The van der Waals surface area contributed by atoms with Crippen molar-refractivity contribution in [2.45, 2.75) is 329 Å². The fourth-order valence-electron chi connectivity index (χ4n) is 9.41. The summed E-state index contributed by atoms with van der Waals surface area (Å²) in [7, 11) is 0. The van der Waals surface area contributed by atoms with Gasteiger partial charge in [0.1, 0.15) is 13.2 Å². The van der Waals surface area contributed by atoms with E-state index in [1.807, 2.05) is 0 Å². The summed E-state index contributed by atoms with van der Waals surface area (Å²) in [4.78, 5) is 38.5. The van der Waals surface area contributed by atoms with Crippen LogP contribution in [0.15, 0.2) is 109 Å². The van der Waals surface area contributed by atoms with Crippen molar-refractivity contribution >= 4 is 17.9 Å². The van der Waals surface area contributed by atoms with Crippen LogP contribution in [-0.2, 0) is 28.6 Å². The number of unbranched alkanes of at least 4 members (excludes halogenated alkanes) is 32. The van der Waals surface area contributed by atoms with Crippen LogP contribution in [0.25, 0.3) is 0 Å². The molecule has 80 heavy (non-hydrogen) atoms. The molecule has 0 rings (SSSR count). The predicted molar refractivity (Wildman–Crippen MR) is 348 cm³/mol. The van der Waals surface area contributed by atoms with E-state index in [2.05, 4.69) is 130 Å². The highest BCUT2D eigenvalue weighted by molar-refractivity contribution is 5.71. The summed E-state index contributed by atoms with van der Waals surface area (Å²) in [6, 6.07) is 0. The van der Waals surface area contributed by atoms with E-state index in [9.17, 15) is 14.4 Å². The van der Waals surface area contributed by atoms with Crippen molar-refractivity contribution in [1.82, 2.24) is 0 Å². The molecule has 0 fully saturated rings. The van der Waals surface area contributed by atoms with E-state index in [0.29, 0.717) is 19.3 Å². The molecule has 1 atom stereocenters. The van der Waals surface area contributed by atoms with Crippen LogP contribution in [0.2, 0.25) is 0 Å². The molecule has 0 aliphatic rings. The van der Waals surface area contributed by atoms with Gasteiger partial charge in [-0.1, -0.05) is 284 Å². The van der Waals surface area contributed by atoms with E-state index in [1.165, 1.54) is 161 Å². The molecule has 0 aromatic heterocycles. The van der Waals surface area contributed by atoms with Gasteiger partial charge in [0.05, 0.1) is 0 Å². The minimum Gasteiger partial charge on any atom is -0.462 e. The van der Waals surface area contributed by atoms with Gasteiger partial charge in [-0.05, 0) is 128 Å². The van der Waals surface area contributed by atoms with Gasteiger partial charge < -0.3 is 14.2 Å². The molecule has 0 spiro atoms. The summed E-state index contributed by atoms with van der Waals surface area (Å²) in [5, 5.41) is 0. The van der Waals surface area contributed by atoms with Gasteiger partial charge in [0, 0.05) is 19.3 Å². The molecule has 0 amide bonds. The Hall–Kier alpha value is -3.93. The van der Waals surface area contributed by atoms with Gasteiger partial charge in [-0.2, -0.15) is 0 Å². The van der Waals surface area contributed by atoms with Crippen molar-refractivity contribution < 1.29 is 28.6 Å². The lowest BCUT2D eigenvalue weighted by atomic mass is 10.1. The quantitative estimate of drug-likeness (QED) is 0.0261. The lowest BCUT2D eigenvalue weighted by Gasteiger charge is -2.18. The Morgan fingerprint density at radius 3 is 0.775 bits per heavy atom. The molecule has 6 nitrogen and oxygen atoms in total. The number of carbonyl (C=O) groups is 3. The Labute approximate surface area is 495 Å². The van der Waals surface area contributed by atoms with Crippen molar-refractivity contribution in [3.05, 3.63) is 109 Å². The number of esters is 3. The average molecular weight is 1110 g/mol. The maximum absolute atomic E-state index is 13.0. The van der Waals surface area contributed by atoms with Gasteiger partial charge in [0.2, 0.25) is 0 Å². The first-order chi connectivity index (χ1) is 39.5. The molecule has 0 bridgehead atoms. The lowest BCUT2D eigenvalue weighted by molar-refractivity contribution is -0.167. The van der Waals surface area contributed by atoms with Gasteiger partial charge in [-0.3, -0.25) is 14.4 Å². The zero-order valence-electron chi connectivity index (χ0n) is 52.6. The SMILES string of the molecule is CC/C=C\C/C=C\C/C=C\C/C=C\CCCCCCCCCCC(=O)OC(COC(=O)CCCCCCCCC/C=C\C/C=C\CCCCCC)COC(=O)CCCCCCCCCC/C=C\C/C=C\C/C=C\CCCCCCC. The monoisotopic (exact) mass is 1110 g/mol. The summed E-state index contributed by atoms with van der Waals surface area (Å²) in [6.07, 6.45) is 92.3. The van der Waals surface area contributed by atoms with Crippen molar-refractivity contribution in [3.63, 3.8) is 0 Å². The molecule has 1 unspecified atom stereocenters. The third-order valence-electron chi connectivity index (χ3n) is 14.5. The minimum atomic E-state index is -0.793. The summed E-state index contributed by atoms with van der Waals surface area (Å²) < 4.78 is 17.0. The molecular weight excluding hydrogens is 985 g/mol. The van der Waals surface area contributed by atoms with Gasteiger partial charge in [0.15, 0.2) is 6.10 Å². The number of hydrogen-bond donors (Lipinski definition) is 0. The molecule has 6 heteroatoms. The molecule has 0 aliphatic heterocycles. The molecule has 0 aromatic carbocycles. The second-order valence-electron chi connectivity index (χ2n) is 22.3. The van der Waals surface area contributed by atoms with Crippen molar-refractivity contribution in [2.24, 2.45) is 0 Å². The standard InChI is InChI=1S/C74H126O6/c1-4-7-10-13-16-19-22-25-28-31-34-36-37-39-40-43-46-49-52-55-58-61-64-67-73(76)79-70-71(69-78-72(75)66-63-60-57-54-51-48-45-42-33-30-27-24-21-18-15-12-9-6-3)80-74(77)68-65-62-59-56-53-50-47-44-41-38-35-32-29-26-23-20-17-14-11-8-5-2/h8,11,17,20-22,24-26,29-31,33-35,37-39,71H,4-7,9-10,12-16,18-19,23,27-28,32,36,40-70H2,1-3H3/b11-8-,20-17-,24-21-,25-22-,29-26-,33-30-,34-31-,38-35-,39-37-. The first-order valence-electron chi connectivity index (χ1n) is 33.9. The maximum atomic E-state index is 13.0. The van der Waals surface area contributed by atoms with Crippen LogP contribution in [0.5, 0.6) is 0 Å². The summed E-state index contributed by atoms with van der Waals surface area (Å²) in [5.41, 5.74) is 0. The molecule has 0 aromatic rings. The van der Waals surface area contributed by atoms with Crippen LogP contribution in [0.3, 0.4) is 0 Å². The van der Waals surface area contributed by atoms with Gasteiger partial charge in [-0.25, -0.2) is 0 Å². The first-order valence-corrected chi connectivity index (χ1v) is 33.9. The Kier molecular flexibility index (Phi) is 64.3. The van der Waals surface area contributed by atoms with Crippen LogP contribution in [0.1, 0.15) is 323 Å². The fraction of sp³-hybridized carbons (Fsp3) is 0.716. The fourth-order valence-corrected chi connectivity index (χ4v) is 9.41. The molecular formula is C74H126O6. The second-order valence-corrected chi connectivity index (χ2v) is 22.3. The molecule has 0 saturated heterocycles. The Morgan fingerprint density at radius 1 is 0.263 bits per heavy atom. The Balaban J connectivity index is 4.43. The number of ether oxygens (including phenoxy) is 3. The highest BCUT2D eigenvalue weighted by Crippen LogP contribution is 2.16. The third kappa shape index (κ3) is 64.9.